The van der Waals surface area contributed by atoms with Gasteiger partial charge in [-0.3, -0.25) is 14.0 Å². The SMILES string of the molecule is CC1(NSc2cc(N3CCN4CCOC(CO)C4C3)c3cnc(-c4nnc(C(F)F)s4)n3c2)CC1. The Morgan fingerprint density at radius 2 is 2.17 bits per heavy atom. The third-order valence-corrected chi connectivity index (χ3v) is 9.00. The lowest BCUT2D eigenvalue weighted by Crippen LogP contribution is -2.62. The molecule has 0 bridgehead atoms. The number of aliphatic hydroxyl groups excluding tert-OH is 1. The summed E-state index contributed by atoms with van der Waals surface area (Å²) in [6.45, 7) is 6.11. The van der Waals surface area contributed by atoms with Crippen molar-refractivity contribution in [1.82, 2.24) is 29.2 Å². The van der Waals surface area contributed by atoms with Crippen LogP contribution in [0.5, 0.6) is 0 Å². The molecule has 1 saturated carbocycles. The maximum atomic E-state index is 13.2. The zero-order chi connectivity index (χ0) is 24.2. The van der Waals surface area contributed by atoms with E-state index >= 15 is 0 Å². The minimum absolute atomic E-state index is 0.0108. The molecule has 0 spiro atoms. The van der Waals surface area contributed by atoms with E-state index in [1.54, 1.807) is 18.1 Å². The minimum Gasteiger partial charge on any atom is -0.394 e. The molecule has 3 aromatic rings. The fraction of sp³-hybridized carbons (Fsp3) is 0.591. The van der Waals surface area contributed by atoms with E-state index in [0.29, 0.717) is 17.4 Å². The summed E-state index contributed by atoms with van der Waals surface area (Å²) in [5.41, 5.74) is 2.03. The van der Waals surface area contributed by atoms with E-state index in [9.17, 15) is 13.9 Å². The Morgan fingerprint density at radius 1 is 1.31 bits per heavy atom. The van der Waals surface area contributed by atoms with E-state index in [2.05, 4.69) is 42.7 Å². The maximum absolute atomic E-state index is 13.2. The summed E-state index contributed by atoms with van der Waals surface area (Å²) in [6, 6.07) is 2.25. The van der Waals surface area contributed by atoms with Gasteiger partial charge < -0.3 is 14.7 Å². The minimum atomic E-state index is -2.66. The van der Waals surface area contributed by atoms with E-state index in [0.717, 1.165) is 66.5 Å². The Kier molecular flexibility index (Phi) is 6.17. The molecule has 6 rings (SSSR count). The van der Waals surface area contributed by atoms with Crippen molar-refractivity contribution < 1.29 is 18.6 Å². The first-order valence-corrected chi connectivity index (χ1v) is 13.4. The van der Waals surface area contributed by atoms with Gasteiger partial charge in [0, 0.05) is 42.8 Å². The quantitative estimate of drug-likeness (QED) is 0.454. The predicted octanol–water partition coefficient (Wildman–Crippen LogP) is 2.82. The lowest BCUT2D eigenvalue weighted by molar-refractivity contribution is -0.0934. The number of hydrogen-bond acceptors (Lipinski definition) is 10. The number of anilines is 1. The molecular formula is C22H27F2N7O2S2. The molecule has 0 amide bonds. The van der Waals surface area contributed by atoms with E-state index < -0.39 is 6.43 Å². The van der Waals surface area contributed by atoms with E-state index in [4.69, 9.17) is 4.74 Å². The van der Waals surface area contributed by atoms with Crippen molar-refractivity contribution >= 4 is 34.5 Å². The van der Waals surface area contributed by atoms with Crippen LogP contribution in [0.15, 0.2) is 23.4 Å². The second-order valence-electron chi connectivity index (χ2n) is 9.55. The summed E-state index contributed by atoms with van der Waals surface area (Å²) in [6.07, 6.45) is 3.14. The molecule has 2 aliphatic heterocycles. The van der Waals surface area contributed by atoms with Crippen molar-refractivity contribution in [2.45, 2.75) is 48.8 Å². The number of pyridine rings is 1. The number of alkyl halides is 2. The van der Waals surface area contributed by atoms with Crippen molar-refractivity contribution in [2.75, 3.05) is 44.3 Å². The van der Waals surface area contributed by atoms with Crippen LogP contribution >= 0.6 is 23.3 Å². The Labute approximate surface area is 209 Å². The molecule has 13 heteroatoms. The second-order valence-corrected chi connectivity index (χ2v) is 11.4. The van der Waals surface area contributed by atoms with Gasteiger partial charge in [0.2, 0.25) is 0 Å². The number of morpholine rings is 1. The van der Waals surface area contributed by atoms with Crippen LogP contribution in [0.25, 0.3) is 16.3 Å². The highest BCUT2D eigenvalue weighted by atomic mass is 32.2. The molecule has 3 aliphatic rings. The van der Waals surface area contributed by atoms with E-state index in [1.165, 1.54) is 0 Å². The summed E-state index contributed by atoms with van der Waals surface area (Å²) >= 11 is 2.44. The highest BCUT2D eigenvalue weighted by molar-refractivity contribution is 7.97. The molecular weight excluding hydrogens is 496 g/mol. The van der Waals surface area contributed by atoms with Gasteiger partial charge in [0.15, 0.2) is 15.8 Å². The highest BCUT2D eigenvalue weighted by Gasteiger charge is 2.38. The van der Waals surface area contributed by atoms with Crippen LogP contribution in [-0.4, -0.2) is 86.7 Å². The monoisotopic (exact) mass is 523 g/mol. The van der Waals surface area contributed by atoms with Crippen LogP contribution in [0, 0.1) is 0 Å². The van der Waals surface area contributed by atoms with Crippen molar-refractivity contribution in [2.24, 2.45) is 0 Å². The fourth-order valence-corrected chi connectivity index (χ4v) is 6.30. The van der Waals surface area contributed by atoms with Crippen molar-refractivity contribution in [1.29, 1.82) is 0 Å². The van der Waals surface area contributed by atoms with Gasteiger partial charge in [-0.05, 0) is 37.8 Å². The summed E-state index contributed by atoms with van der Waals surface area (Å²) in [5, 5.41) is 17.6. The number of aromatic nitrogens is 4. The van der Waals surface area contributed by atoms with E-state index in [1.807, 2.05) is 10.6 Å². The van der Waals surface area contributed by atoms with Crippen molar-refractivity contribution in [3.05, 3.63) is 23.5 Å². The number of nitrogens with one attached hydrogen (secondary N) is 1. The number of halogens is 2. The molecule has 188 valence electrons. The Bertz CT molecular complexity index is 1210. The molecule has 3 aromatic heterocycles. The first kappa shape index (κ1) is 23.5. The van der Waals surface area contributed by atoms with Crippen LogP contribution in [0.1, 0.15) is 31.2 Å². The average Bonchev–Trinajstić information content (AvgIpc) is 3.24. The molecule has 9 nitrogen and oxygen atoms in total. The van der Waals surface area contributed by atoms with Crippen LogP contribution in [0.4, 0.5) is 14.5 Å². The summed E-state index contributed by atoms with van der Waals surface area (Å²) in [7, 11) is 0. The standard InChI is InChI=1S/C22H27F2N7O2S2/c1-22(2-3-22)28-35-13-8-14(30-5-4-29-6-7-33-17(12-32)16(29)11-30)15-9-25-19(31(15)10-13)21-27-26-20(34-21)18(23)24/h8-10,16-18,28,32H,2-7,11-12H2,1H3. The smallest absolute Gasteiger partial charge is 0.291 e. The van der Waals surface area contributed by atoms with Crippen molar-refractivity contribution in [3.63, 3.8) is 0 Å². The van der Waals surface area contributed by atoms with Crippen LogP contribution in [0.3, 0.4) is 0 Å². The third-order valence-electron chi connectivity index (χ3n) is 7.02. The van der Waals surface area contributed by atoms with Gasteiger partial charge in [-0.1, -0.05) is 11.3 Å². The van der Waals surface area contributed by atoms with Gasteiger partial charge in [0.25, 0.3) is 6.43 Å². The normalized spacial score (nSPS) is 24.3. The molecule has 0 aromatic carbocycles. The number of hydrogen-bond donors (Lipinski definition) is 2. The van der Waals surface area contributed by atoms with Gasteiger partial charge in [0.1, 0.15) is 0 Å². The Hall–Kier alpha value is -1.90. The van der Waals surface area contributed by atoms with E-state index in [-0.39, 0.29) is 29.3 Å². The molecule has 2 N–H and O–H groups in total. The lowest BCUT2D eigenvalue weighted by atomic mass is 10.0. The molecule has 2 unspecified atom stereocenters. The zero-order valence-corrected chi connectivity index (χ0v) is 20.9. The molecule has 1 aliphatic carbocycles. The van der Waals surface area contributed by atoms with Gasteiger partial charge >= 0.3 is 0 Å². The van der Waals surface area contributed by atoms with Gasteiger partial charge in [0.05, 0.1) is 42.8 Å². The molecule has 0 radical (unpaired) electrons. The summed E-state index contributed by atoms with van der Waals surface area (Å²) in [4.78, 5) is 10.3. The topological polar surface area (TPSA) is 91.0 Å². The molecule has 35 heavy (non-hydrogen) atoms. The molecule has 2 saturated heterocycles. The number of imidazole rings is 1. The number of aliphatic hydroxyl groups is 1. The number of piperazine rings is 1. The Balaban J connectivity index is 1.38. The summed E-state index contributed by atoms with van der Waals surface area (Å²) < 4.78 is 37.6. The van der Waals surface area contributed by atoms with Crippen molar-refractivity contribution in [3.8, 4) is 10.8 Å². The summed E-state index contributed by atoms with van der Waals surface area (Å²) in [5.74, 6) is 0.499. The molecule has 2 atom stereocenters. The van der Waals surface area contributed by atoms with Crippen LogP contribution in [0.2, 0.25) is 0 Å². The Morgan fingerprint density at radius 3 is 2.91 bits per heavy atom. The van der Waals surface area contributed by atoms with Gasteiger partial charge in [-0.15, -0.1) is 10.2 Å². The highest BCUT2D eigenvalue weighted by Crippen LogP contribution is 2.39. The molecule has 5 heterocycles. The first-order valence-electron chi connectivity index (χ1n) is 11.7. The number of ether oxygens (including phenoxy) is 1. The largest absolute Gasteiger partial charge is 0.394 e. The average molecular weight is 524 g/mol. The second kappa shape index (κ2) is 9.20. The molecule has 3 fully saturated rings. The van der Waals surface area contributed by atoms with Crippen LogP contribution < -0.4 is 9.62 Å². The fourth-order valence-electron chi connectivity index (χ4n) is 4.71. The first-order chi connectivity index (χ1) is 16.9. The van der Waals surface area contributed by atoms with Gasteiger partial charge in [-0.2, -0.15) is 0 Å². The maximum Gasteiger partial charge on any atom is 0.291 e. The number of rotatable bonds is 7. The third kappa shape index (κ3) is 4.53. The lowest BCUT2D eigenvalue weighted by Gasteiger charge is -2.47. The predicted molar refractivity (Wildman–Crippen MR) is 130 cm³/mol. The zero-order valence-electron chi connectivity index (χ0n) is 19.2. The number of nitrogens with zero attached hydrogens (tertiary/aromatic N) is 6. The van der Waals surface area contributed by atoms with Crippen LogP contribution in [-0.2, 0) is 4.74 Å². The van der Waals surface area contributed by atoms with Gasteiger partial charge in [-0.25, -0.2) is 13.8 Å². The number of fused-ring (bicyclic) bond motifs is 2.